The minimum Gasteiger partial charge on any atom is -0.504 e. The van der Waals surface area contributed by atoms with Crippen molar-refractivity contribution in [3.05, 3.63) is 47.3 Å². The fourth-order valence-corrected chi connectivity index (χ4v) is 3.08. The van der Waals surface area contributed by atoms with Gasteiger partial charge in [0, 0.05) is 18.4 Å². The molecule has 1 aliphatic heterocycles. The van der Waals surface area contributed by atoms with Crippen LogP contribution >= 0.6 is 0 Å². The van der Waals surface area contributed by atoms with Gasteiger partial charge in [0.2, 0.25) is 0 Å². The smallest absolute Gasteiger partial charge is 0.336 e. The van der Waals surface area contributed by atoms with Crippen LogP contribution in [-0.4, -0.2) is 49.3 Å². The number of hydrogen-bond acceptors (Lipinski definition) is 7. The zero-order valence-electron chi connectivity index (χ0n) is 14.9. The number of nitrogens with zero attached hydrogens (tertiary/aromatic N) is 1. The highest BCUT2D eigenvalue weighted by molar-refractivity contribution is 5.98. The van der Waals surface area contributed by atoms with Crippen LogP contribution in [0.25, 0.3) is 0 Å². The Kier molecular flexibility index (Phi) is 4.88. The molecule has 1 aromatic carbocycles. The van der Waals surface area contributed by atoms with E-state index < -0.39 is 17.9 Å². The second-order valence-electron chi connectivity index (χ2n) is 6.19. The number of phenolic OH excluding ortho intramolecular Hbond substituents is 1. The topological polar surface area (TPSA) is 85.3 Å². The van der Waals surface area contributed by atoms with Crippen molar-refractivity contribution in [2.45, 2.75) is 24.8 Å². The highest BCUT2D eigenvalue weighted by atomic mass is 16.5. The first-order valence-corrected chi connectivity index (χ1v) is 8.24. The van der Waals surface area contributed by atoms with Crippen LogP contribution in [0.1, 0.15) is 24.3 Å². The first-order valence-electron chi connectivity index (χ1n) is 8.24. The van der Waals surface area contributed by atoms with Crippen LogP contribution in [0.3, 0.4) is 0 Å². The van der Waals surface area contributed by atoms with Crippen molar-refractivity contribution >= 4 is 11.9 Å². The Balaban J connectivity index is 2.11. The van der Waals surface area contributed by atoms with E-state index in [-0.39, 0.29) is 11.8 Å². The third-order valence-electron chi connectivity index (χ3n) is 4.55. The molecule has 26 heavy (non-hydrogen) atoms. The summed E-state index contributed by atoms with van der Waals surface area (Å²) in [5.74, 6) is -1.56. The molecule has 1 N–H and O–H groups in total. The van der Waals surface area contributed by atoms with Gasteiger partial charge in [0.15, 0.2) is 11.5 Å². The molecular weight excluding hydrogens is 338 g/mol. The number of methoxy groups -OCH3 is 3. The van der Waals surface area contributed by atoms with Gasteiger partial charge in [0.25, 0.3) is 0 Å². The Hall–Kier alpha value is -2.96. The number of aromatic hydroxyl groups is 1. The van der Waals surface area contributed by atoms with Gasteiger partial charge in [-0.1, -0.05) is 6.07 Å². The molecule has 138 valence electrons. The van der Waals surface area contributed by atoms with E-state index in [1.54, 1.807) is 24.5 Å². The van der Waals surface area contributed by atoms with Gasteiger partial charge < -0.3 is 24.2 Å². The number of phenols is 1. The van der Waals surface area contributed by atoms with Gasteiger partial charge in [-0.15, -0.1) is 0 Å². The minimum absolute atomic E-state index is 0.0805. The van der Waals surface area contributed by atoms with Crippen molar-refractivity contribution in [3.8, 4) is 11.5 Å². The largest absolute Gasteiger partial charge is 0.504 e. The standard InChI is InChI=1S/C19H21NO6/c1-24-16-7-4-11(8-15(16)21)17-13(18(22)25-2)9-20(12-5-6-12)10-14(17)19(23)26-3/h4,7-10,12,17,21H,5-6H2,1-3H3. The highest BCUT2D eigenvalue weighted by Gasteiger charge is 2.38. The molecule has 1 aliphatic carbocycles. The second-order valence-corrected chi connectivity index (χ2v) is 6.19. The van der Waals surface area contributed by atoms with Crippen LogP contribution < -0.4 is 4.74 Å². The Morgan fingerprint density at radius 3 is 2.04 bits per heavy atom. The molecule has 7 heteroatoms. The molecule has 1 heterocycles. The SMILES string of the molecule is COC(=O)C1=CN(C2CC2)C=C(C(=O)OC)C1c1ccc(OC)c(O)c1. The number of rotatable bonds is 5. The van der Waals surface area contributed by atoms with E-state index in [2.05, 4.69) is 0 Å². The van der Waals surface area contributed by atoms with E-state index in [4.69, 9.17) is 14.2 Å². The molecule has 1 aromatic rings. The lowest BCUT2D eigenvalue weighted by molar-refractivity contribution is -0.137. The summed E-state index contributed by atoms with van der Waals surface area (Å²) in [6.07, 6.45) is 5.40. The van der Waals surface area contributed by atoms with Crippen LogP contribution in [-0.2, 0) is 19.1 Å². The Morgan fingerprint density at radius 1 is 1.04 bits per heavy atom. The van der Waals surface area contributed by atoms with Crippen LogP contribution in [0.2, 0.25) is 0 Å². The van der Waals surface area contributed by atoms with E-state index in [1.807, 2.05) is 4.90 Å². The lowest BCUT2D eigenvalue weighted by atomic mass is 9.83. The third kappa shape index (κ3) is 3.24. The Morgan fingerprint density at radius 2 is 1.62 bits per heavy atom. The van der Waals surface area contributed by atoms with Gasteiger partial charge in [-0.3, -0.25) is 0 Å². The van der Waals surface area contributed by atoms with Crippen LogP contribution in [0.4, 0.5) is 0 Å². The molecular formula is C19H21NO6. The lowest BCUT2D eigenvalue weighted by Gasteiger charge is -2.30. The number of carbonyl (C=O) groups excluding carboxylic acids is 2. The third-order valence-corrected chi connectivity index (χ3v) is 4.55. The normalized spacial score (nSPS) is 17.3. The fourth-order valence-electron chi connectivity index (χ4n) is 3.08. The summed E-state index contributed by atoms with van der Waals surface area (Å²) in [6, 6.07) is 5.02. The van der Waals surface area contributed by atoms with Gasteiger partial charge in [0.05, 0.1) is 38.4 Å². The molecule has 0 unspecified atom stereocenters. The molecule has 0 radical (unpaired) electrons. The average Bonchev–Trinajstić information content (AvgIpc) is 3.50. The first kappa shape index (κ1) is 17.8. The van der Waals surface area contributed by atoms with Gasteiger partial charge in [-0.05, 0) is 30.5 Å². The quantitative estimate of drug-likeness (QED) is 0.806. The molecule has 1 fully saturated rings. The Bertz CT molecular complexity index is 759. The molecule has 0 atom stereocenters. The van der Waals surface area contributed by atoms with E-state index >= 15 is 0 Å². The summed E-state index contributed by atoms with van der Waals surface area (Å²) in [5.41, 5.74) is 1.19. The molecule has 0 spiro atoms. The molecule has 0 aromatic heterocycles. The maximum Gasteiger partial charge on any atom is 0.336 e. The van der Waals surface area contributed by atoms with E-state index in [0.717, 1.165) is 12.8 Å². The molecule has 7 nitrogen and oxygen atoms in total. The minimum atomic E-state index is -0.707. The monoisotopic (exact) mass is 359 g/mol. The van der Waals surface area contributed by atoms with Gasteiger partial charge >= 0.3 is 11.9 Å². The number of benzene rings is 1. The van der Waals surface area contributed by atoms with Crippen molar-refractivity contribution in [2.75, 3.05) is 21.3 Å². The summed E-state index contributed by atoms with van der Waals surface area (Å²) in [6.45, 7) is 0. The molecule has 0 saturated heterocycles. The molecule has 3 rings (SSSR count). The van der Waals surface area contributed by atoms with E-state index in [0.29, 0.717) is 22.5 Å². The number of carbonyl (C=O) groups is 2. The average molecular weight is 359 g/mol. The number of esters is 2. The van der Waals surface area contributed by atoms with Crippen LogP contribution in [0.5, 0.6) is 11.5 Å². The Labute approximate surface area is 151 Å². The van der Waals surface area contributed by atoms with Gasteiger partial charge in [0.1, 0.15) is 0 Å². The highest BCUT2D eigenvalue weighted by Crippen LogP contribution is 2.42. The second kappa shape index (κ2) is 7.11. The van der Waals surface area contributed by atoms with Gasteiger partial charge in [-0.25, -0.2) is 9.59 Å². The van der Waals surface area contributed by atoms with Crippen LogP contribution in [0.15, 0.2) is 41.7 Å². The van der Waals surface area contributed by atoms with Crippen molar-refractivity contribution < 1.29 is 28.9 Å². The zero-order valence-corrected chi connectivity index (χ0v) is 14.9. The summed E-state index contributed by atoms with van der Waals surface area (Å²) in [4.78, 5) is 26.7. The van der Waals surface area contributed by atoms with Crippen LogP contribution in [0, 0.1) is 0 Å². The van der Waals surface area contributed by atoms with Crippen molar-refractivity contribution in [2.24, 2.45) is 0 Å². The number of hydrogen-bond donors (Lipinski definition) is 1. The predicted octanol–water partition coefficient (Wildman–Crippen LogP) is 2.08. The lowest BCUT2D eigenvalue weighted by Crippen LogP contribution is -2.29. The predicted molar refractivity (Wildman–Crippen MR) is 92.5 cm³/mol. The van der Waals surface area contributed by atoms with Crippen molar-refractivity contribution in [1.82, 2.24) is 4.90 Å². The molecule has 0 bridgehead atoms. The summed E-state index contributed by atoms with van der Waals surface area (Å²) in [7, 11) is 4.04. The van der Waals surface area contributed by atoms with Gasteiger partial charge in [-0.2, -0.15) is 0 Å². The van der Waals surface area contributed by atoms with E-state index in [1.165, 1.54) is 27.4 Å². The maximum atomic E-state index is 12.4. The summed E-state index contributed by atoms with van der Waals surface area (Å²) >= 11 is 0. The first-order chi connectivity index (χ1) is 12.5. The zero-order chi connectivity index (χ0) is 18.8. The van der Waals surface area contributed by atoms with Crippen molar-refractivity contribution in [1.29, 1.82) is 0 Å². The van der Waals surface area contributed by atoms with E-state index in [9.17, 15) is 14.7 Å². The maximum absolute atomic E-state index is 12.4. The fraction of sp³-hybridized carbons (Fsp3) is 0.368. The molecule has 1 saturated carbocycles. The summed E-state index contributed by atoms with van der Waals surface area (Å²) < 4.78 is 14.9. The van der Waals surface area contributed by atoms with Crippen molar-refractivity contribution in [3.63, 3.8) is 0 Å². The molecule has 0 amide bonds. The summed E-state index contributed by atoms with van der Waals surface area (Å²) in [5, 5.41) is 10.1. The molecule has 2 aliphatic rings. The number of ether oxygens (including phenoxy) is 3.